The molecule has 2 aromatic carbocycles. The summed E-state index contributed by atoms with van der Waals surface area (Å²) in [5, 5.41) is 6.71. The Balaban J connectivity index is 1.98. The third-order valence-corrected chi connectivity index (χ3v) is 3.73. The van der Waals surface area contributed by atoms with Gasteiger partial charge in [0, 0.05) is 18.3 Å². The van der Waals surface area contributed by atoms with Crippen molar-refractivity contribution >= 4 is 17.1 Å². The van der Waals surface area contributed by atoms with E-state index >= 15 is 0 Å². The summed E-state index contributed by atoms with van der Waals surface area (Å²) in [6.07, 6.45) is 3.21. The Hall–Kier alpha value is -2.29. The summed E-state index contributed by atoms with van der Waals surface area (Å²) >= 11 is 0. The molecule has 0 saturated heterocycles. The van der Waals surface area contributed by atoms with Crippen LogP contribution in [0.2, 0.25) is 0 Å². The number of nitrogens with two attached hydrogens (primary N) is 1. The van der Waals surface area contributed by atoms with Crippen molar-refractivity contribution in [2.75, 3.05) is 17.8 Å². The van der Waals surface area contributed by atoms with Crippen LogP contribution in [0.5, 0.6) is 0 Å². The number of aryl methyl sites for hydroxylation is 1. The van der Waals surface area contributed by atoms with Gasteiger partial charge in [0.2, 0.25) is 0 Å². The van der Waals surface area contributed by atoms with Gasteiger partial charge in [0.15, 0.2) is 0 Å². The topological polar surface area (TPSA) is 41.6 Å². The predicted molar refractivity (Wildman–Crippen MR) is 85.2 cm³/mol. The van der Waals surface area contributed by atoms with E-state index < -0.39 is 0 Å². The van der Waals surface area contributed by atoms with Gasteiger partial charge >= 0.3 is 0 Å². The first-order valence-corrected chi connectivity index (χ1v) is 6.99. The molecule has 2 aromatic rings. The van der Waals surface area contributed by atoms with Crippen molar-refractivity contribution in [3.05, 3.63) is 59.7 Å². The molecule has 1 aliphatic rings. The van der Waals surface area contributed by atoms with Crippen LogP contribution in [0.25, 0.3) is 0 Å². The Morgan fingerprint density at radius 1 is 1.00 bits per heavy atom. The second-order valence-corrected chi connectivity index (χ2v) is 5.14. The van der Waals surface area contributed by atoms with Gasteiger partial charge in [-0.2, -0.15) is 5.10 Å². The highest BCUT2D eigenvalue weighted by atomic mass is 15.4. The fourth-order valence-corrected chi connectivity index (χ4v) is 2.73. The van der Waals surface area contributed by atoms with Crippen LogP contribution in [0.3, 0.4) is 0 Å². The molecule has 0 fully saturated rings. The molecule has 0 aliphatic heterocycles. The zero-order chi connectivity index (χ0) is 13.9. The van der Waals surface area contributed by atoms with E-state index in [1.54, 1.807) is 0 Å². The summed E-state index contributed by atoms with van der Waals surface area (Å²) in [7, 11) is 1.98. The minimum atomic E-state index is 0.836. The van der Waals surface area contributed by atoms with Gasteiger partial charge < -0.3 is 5.73 Å². The van der Waals surface area contributed by atoms with Crippen LogP contribution in [0.4, 0.5) is 11.4 Å². The molecule has 0 amide bonds. The van der Waals surface area contributed by atoms with E-state index in [1.165, 1.54) is 5.56 Å². The van der Waals surface area contributed by atoms with Gasteiger partial charge in [-0.25, -0.2) is 0 Å². The summed E-state index contributed by atoms with van der Waals surface area (Å²) in [5.74, 6) is 0. The van der Waals surface area contributed by atoms with Crippen molar-refractivity contribution in [3.63, 3.8) is 0 Å². The Bertz CT molecular complexity index is 632. The Labute approximate surface area is 119 Å². The van der Waals surface area contributed by atoms with Crippen LogP contribution >= 0.6 is 0 Å². The molecule has 0 unspecified atom stereocenters. The number of hydrazone groups is 1. The first kappa shape index (κ1) is 12.7. The smallest absolute Gasteiger partial charge is 0.0705 e. The highest BCUT2D eigenvalue weighted by Gasteiger charge is 2.18. The molecule has 102 valence electrons. The number of hydrogen-bond donors (Lipinski definition) is 1. The van der Waals surface area contributed by atoms with E-state index in [1.807, 2.05) is 42.4 Å². The molecule has 0 heterocycles. The fraction of sp³-hybridized carbons (Fsp3) is 0.235. The molecule has 0 spiro atoms. The van der Waals surface area contributed by atoms with Gasteiger partial charge in [0.1, 0.15) is 0 Å². The third-order valence-electron chi connectivity index (χ3n) is 3.73. The predicted octanol–water partition coefficient (Wildman–Crippen LogP) is 3.45. The van der Waals surface area contributed by atoms with Crippen LogP contribution < -0.4 is 10.7 Å². The number of anilines is 2. The number of benzene rings is 2. The van der Waals surface area contributed by atoms with E-state index in [0.717, 1.165) is 41.9 Å². The van der Waals surface area contributed by atoms with E-state index in [0.29, 0.717) is 0 Å². The largest absolute Gasteiger partial charge is 0.398 e. The quantitative estimate of drug-likeness (QED) is 0.667. The highest BCUT2D eigenvalue weighted by Crippen LogP contribution is 2.27. The SMILES string of the molecule is CN(/N=C1\CCCc2cccc(N)c21)c1ccccc1. The second kappa shape index (κ2) is 5.37. The molecule has 3 nitrogen and oxygen atoms in total. The lowest BCUT2D eigenvalue weighted by Gasteiger charge is -2.22. The zero-order valence-corrected chi connectivity index (χ0v) is 11.7. The van der Waals surface area contributed by atoms with Crippen LogP contribution in [0.1, 0.15) is 24.0 Å². The minimum absolute atomic E-state index is 0.836. The number of fused-ring (bicyclic) bond motifs is 1. The van der Waals surface area contributed by atoms with Crippen LogP contribution in [0.15, 0.2) is 53.6 Å². The summed E-state index contributed by atoms with van der Waals surface area (Å²) in [6, 6.07) is 16.3. The summed E-state index contributed by atoms with van der Waals surface area (Å²) in [4.78, 5) is 0. The van der Waals surface area contributed by atoms with Crippen LogP contribution in [-0.4, -0.2) is 12.8 Å². The molecular weight excluding hydrogens is 246 g/mol. The van der Waals surface area contributed by atoms with Crippen molar-refractivity contribution in [1.29, 1.82) is 0 Å². The summed E-state index contributed by atoms with van der Waals surface area (Å²) < 4.78 is 0. The molecule has 0 atom stereocenters. The number of nitrogens with zero attached hydrogens (tertiary/aromatic N) is 2. The Kier molecular flexibility index (Phi) is 3.42. The van der Waals surface area contributed by atoms with Gasteiger partial charge in [-0.15, -0.1) is 0 Å². The van der Waals surface area contributed by atoms with Gasteiger partial charge in [-0.3, -0.25) is 5.01 Å². The highest BCUT2D eigenvalue weighted by molar-refractivity contribution is 6.07. The lowest BCUT2D eigenvalue weighted by atomic mass is 9.89. The van der Waals surface area contributed by atoms with Crippen molar-refractivity contribution in [1.82, 2.24) is 0 Å². The van der Waals surface area contributed by atoms with Crippen molar-refractivity contribution in [2.45, 2.75) is 19.3 Å². The normalized spacial score (nSPS) is 15.9. The second-order valence-electron chi connectivity index (χ2n) is 5.14. The molecule has 0 radical (unpaired) electrons. The standard InChI is InChI=1S/C17H19N3/c1-20(14-9-3-2-4-10-14)19-16-12-6-8-13-7-5-11-15(18)17(13)16/h2-5,7,9-11H,6,8,12,18H2,1H3/b19-16+. The Morgan fingerprint density at radius 2 is 1.80 bits per heavy atom. The van der Waals surface area contributed by atoms with E-state index in [-0.39, 0.29) is 0 Å². The number of nitrogen functional groups attached to an aromatic ring is 1. The molecule has 1 aliphatic carbocycles. The van der Waals surface area contributed by atoms with E-state index in [4.69, 9.17) is 10.8 Å². The van der Waals surface area contributed by atoms with Crippen LogP contribution in [-0.2, 0) is 6.42 Å². The maximum Gasteiger partial charge on any atom is 0.0705 e. The van der Waals surface area contributed by atoms with Gasteiger partial charge in [-0.05, 0) is 43.0 Å². The molecule has 3 rings (SSSR count). The minimum Gasteiger partial charge on any atom is -0.398 e. The van der Waals surface area contributed by atoms with E-state index in [9.17, 15) is 0 Å². The number of hydrogen-bond acceptors (Lipinski definition) is 3. The fourth-order valence-electron chi connectivity index (χ4n) is 2.73. The lowest BCUT2D eigenvalue weighted by molar-refractivity contribution is 0.830. The molecule has 0 bridgehead atoms. The maximum absolute atomic E-state index is 6.15. The Morgan fingerprint density at radius 3 is 2.60 bits per heavy atom. The number of para-hydroxylation sites is 1. The monoisotopic (exact) mass is 265 g/mol. The van der Waals surface area contributed by atoms with Gasteiger partial charge in [0.05, 0.1) is 11.4 Å². The molecule has 2 N–H and O–H groups in total. The molecule has 3 heteroatoms. The summed E-state index contributed by atoms with van der Waals surface area (Å²) in [6.45, 7) is 0. The lowest BCUT2D eigenvalue weighted by Crippen LogP contribution is -2.19. The average Bonchev–Trinajstić information content (AvgIpc) is 2.48. The number of rotatable bonds is 2. The van der Waals surface area contributed by atoms with Crippen LogP contribution in [0, 0.1) is 0 Å². The maximum atomic E-state index is 6.15. The molecular formula is C17H19N3. The van der Waals surface area contributed by atoms with Crippen molar-refractivity contribution in [3.8, 4) is 0 Å². The van der Waals surface area contributed by atoms with Gasteiger partial charge in [0.25, 0.3) is 0 Å². The zero-order valence-electron chi connectivity index (χ0n) is 11.7. The molecule has 0 saturated carbocycles. The van der Waals surface area contributed by atoms with E-state index in [2.05, 4.69) is 18.2 Å². The van der Waals surface area contributed by atoms with Crippen molar-refractivity contribution < 1.29 is 0 Å². The first-order chi connectivity index (χ1) is 9.75. The summed E-state index contributed by atoms with van der Waals surface area (Å²) in [5.41, 5.74) is 11.6. The third kappa shape index (κ3) is 2.39. The van der Waals surface area contributed by atoms with Crippen molar-refractivity contribution in [2.24, 2.45) is 5.10 Å². The molecule has 0 aromatic heterocycles. The van der Waals surface area contributed by atoms with Gasteiger partial charge in [-0.1, -0.05) is 30.3 Å². The average molecular weight is 265 g/mol. The first-order valence-electron chi connectivity index (χ1n) is 6.99. The molecule has 20 heavy (non-hydrogen) atoms.